The third-order valence-corrected chi connectivity index (χ3v) is 2.98. The van der Waals surface area contributed by atoms with E-state index in [1.165, 1.54) is 31.4 Å². The lowest BCUT2D eigenvalue weighted by Crippen LogP contribution is -2.02. The highest BCUT2D eigenvalue weighted by Crippen LogP contribution is 2.34. The van der Waals surface area contributed by atoms with Crippen LogP contribution in [-0.4, -0.2) is 17.3 Å². The van der Waals surface area contributed by atoms with Gasteiger partial charge < -0.3 is 19.4 Å². The molecule has 0 bridgehead atoms. The molecule has 0 saturated heterocycles. The molecule has 0 atom stereocenters. The van der Waals surface area contributed by atoms with E-state index in [2.05, 4.69) is 0 Å². The number of benzene rings is 2. The standard InChI is InChI=1S/C14H10O5/c1-18-11-5-4-10-12(14(11)17)13(16)8-6-7(15)2-3-9(8)19-10/h2-6,15,17H,1H3. The number of ether oxygens (including phenoxy) is 1. The number of rotatable bonds is 1. The molecule has 0 aliphatic heterocycles. The summed E-state index contributed by atoms with van der Waals surface area (Å²) in [7, 11) is 1.40. The summed E-state index contributed by atoms with van der Waals surface area (Å²) in [6, 6.07) is 7.32. The van der Waals surface area contributed by atoms with Gasteiger partial charge in [-0.15, -0.1) is 0 Å². The second-order valence-corrected chi connectivity index (χ2v) is 4.10. The van der Waals surface area contributed by atoms with Gasteiger partial charge in [0.05, 0.1) is 12.5 Å². The fourth-order valence-corrected chi connectivity index (χ4v) is 2.06. The van der Waals surface area contributed by atoms with E-state index in [4.69, 9.17) is 9.15 Å². The molecule has 0 aliphatic rings. The SMILES string of the molecule is COc1ccc2oc3ccc(O)cc3c(=O)c2c1O. The highest BCUT2D eigenvalue weighted by molar-refractivity contribution is 5.94. The van der Waals surface area contributed by atoms with Gasteiger partial charge in [-0.05, 0) is 30.3 Å². The van der Waals surface area contributed by atoms with Gasteiger partial charge in [-0.3, -0.25) is 4.79 Å². The minimum atomic E-state index is -0.413. The van der Waals surface area contributed by atoms with Crippen LogP contribution < -0.4 is 10.2 Å². The molecule has 0 amide bonds. The summed E-state index contributed by atoms with van der Waals surface area (Å²) in [5.41, 5.74) is 0.199. The Morgan fingerprint density at radius 3 is 2.58 bits per heavy atom. The first-order valence-corrected chi connectivity index (χ1v) is 5.57. The molecule has 2 aromatic carbocycles. The third-order valence-electron chi connectivity index (χ3n) is 2.98. The topological polar surface area (TPSA) is 79.9 Å². The average molecular weight is 258 g/mol. The zero-order chi connectivity index (χ0) is 13.6. The molecule has 0 radical (unpaired) electrons. The average Bonchev–Trinajstić information content (AvgIpc) is 2.40. The van der Waals surface area contributed by atoms with Gasteiger partial charge in [-0.1, -0.05) is 0 Å². The summed E-state index contributed by atoms with van der Waals surface area (Å²) < 4.78 is 10.5. The monoisotopic (exact) mass is 258 g/mol. The lowest BCUT2D eigenvalue weighted by atomic mass is 10.1. The summed E-state index contributed by atoms with van der Waals surface area (Å²) >= 11 is 0. The summed E-state index contributed by atoms with van der Waals surface area (Å²) in [6.07, 6.45) is 0. The van der Waals surface area contributed by atoms with E-state index in [-0.39, 0.29) is 33.6 Å². The first-order valence-electron chi connectivity index (χ1n) is 5.57. The molecule has 5 heteroatoms. The van der Waals surface area contributed by atoms with E-state index in [1.54, 1.807) is 6.07 Å². The number of hydrogen-bond acceptors (Lipinski definition) is 5. The number of phenolic OH excluding ortho intramolecular Hbond substituents is 2. The minimum Gasteiger partial charge on any atom is -0.508 e. The van der Waals surface area contributed by atoms with Crippen molar-refractivity contribution in [1.82, 2.24) is 0 Å². The fraction of sp³-hybridized carbons (Fsp3) is 0.0714. The Bertz CT molecular complexity index is 848. The zero-order valence-electron chi connectivity index (χ0n) is 10.0. The van der Waals surface area contributed by atoms with Crippen LogP contribution in [0.2, 0.25) is 0 Å². The predicted molar refractivity (Wildman–Crippen MR) is 69.9 cm³/mol. The molecule has 3 rings (SSSR count). The smallest absolute Gasteiger partial charge is 0.204 e. The van der Waals surface area contributed by atoms with Crippen molar-refractivity contribution in [2.45, 2.75) is 0 Å². The number of phenols is 2. The van der Waals surface area contributed by atoms with Gasteiger partial charge in [0.15, 0.2) is 11.5 Å². The Balaban J connectivity index is 2.55. The number of hydrogen-bond donors (Lipinski definition) is 2. The van der Waals surface area contributed by atoms with Gasteiger partial charge in [-0.2, -0.15) is 0 Å². The van der Waals surface area contributed by atoms with Crippen molar-refractivity contribution in [1.29, 1.82) is 0 Å². The lowest BCUT2D eigenvalue weighted by Gasteiger charge is -2.07. The Hall–Kier alpha value is -2.69. The van der Waals surface area contributed by atoms with Crippen molar-refractivity contribution in [3.63, 3.8) is 0 Å². The van der Waals surface area contributed by atoms with Crippen molar-refractivity contribution in [3.05, 3.63) is 40.6 Å². The van der Waals surface area contributed by atoms with Crippen LogP contribution in [0.1, 0.15) is 0 Å². The molecule has 3 aromatic rings. The molecule has 0 saturated carbocycles. The van der Waals surface area contributed by atoms with Gasteiger partial charge in [0.25, 0.3) is 0 Å². The second-order valence-electron chi connectivity index (χ2n) is 4.10. The van der Waals surface area contributed by atoms with Crippen molar-refractivity contribution >= 4 is 21.9 Å². The summed E-state index contributed by atoms with van der Waals surface area (Å²) in [5.74, 6) is -0.111. The van der Waals surface area contributed by atoms with Gasteiger partial charge in [0, 0.05) is 0 Å². The highest BCUT2D eigenvalue weighted by Gasteiger charge is 2.15. The quantitative estimate of drug-likeness (QED) is 0.655. The van der Waals surface area contributed by atoms with Crippen molar-refractivity contribution in [2.75, 3.05) is 7.11 Å². The molecule has 0 fully saturated rings. The molecular weight excluding hydrogens is 248 g/mol. The maximum atomic E-state index is 12.3. The first-order chi connectivity index (χ1) is 9.11. The predicted octanol–water partition coefficient (Wildman–Crippen LogP) is 2.37. The molecule has 0 spiro atoms. The van der Waals surface area contributed by atoms with E-state index in [9.17, 15) is 15.0 Å². The van der Waals surface area contributed by atoms with E-state index >= 15 is 0 Å². The first kappa shape index (κ1) is 11.4. The van der Waals surface area contributed by atoms with E-state index in [1.807, 2.05) is 0 Å². The number of methoxy groups -OCH3 is 1. The fourth-order valence-electron chi connectivity index (χ4n) is 2.06. The number of aromatic hydroxyl groups is 2. The minimum absolute atomic E-state index is 0.0393. The molecule has 2 N–H and O–H groups in total. The van der Waals surface area contributed by atoms with E-state index in [0.29, 0.717) is 5.58 Å². The third kappa shape index (κ3) is 1.59. The highest BCUT2D eigenvalue weighted by atomic mass is 16.5. The molecule has 96 valence electrons. The van der Waals surface area contributed by atoms with Gasteiger partial charge in [0.1, 0.15) is 22.3 Å². The van der Waals surface area contributed by atoms with Gasteiger partial charge >= 0.3 is 0 Å². The lowest BCUT2D eigenvalue weighted by molar-refractivity contribution is 0.376. The molecule has 0 aliphatic carbocycles. The van der Waals surface area contributed by atoms with Crippen LogP contribution in [0.5, 0.6) is 17.2 Å². The zero-order valence-corrected chi connectivity index (χ0v) is 10.0. The number of fused-ring (bicyclic) bond motifs is 2. The summed E-state index contributed by atoms with van der Waals surface area (Å²) in [5, 5.41) is 19.7. The van der Waals surface area contributed by atoms with Crippen molar-refractivity contribution in [2.24, 2.45) is 0 Å². The van der Waals surface area contributed by atoms with Crippen molar-refractivity contribution < 1.29 is 19.4 Å². The van der Waals surface area contributed by atoms with Gasteiger partial charge in [0.2, 0.25) is 5.43 Å². The molecule has 19 heavy (non-hydrogen) atoms. The van der Waals surface area contributed by atoms with Crippen LogP contribution in [0.3, 0.4) is 0 Å². The normalized spacial score (nSPS) is 11.0. The summed E-state index contributed by atoms with van der Waals surface area (Å²) in [4.78, 5) is 12.3. The van der Waals surface area contributed by atoms with Gasteiger partial charge in [-0.25, -0.2) is 0 Å². The van der Waals surface area contributed by atoms with Crippen LogP contribution in [-0.2, 0) is 0 Å². The second kappa shape index (κ2) is 3.91. The van der Waals surface area contributed by atoms with Crippen LogP contribution in [0.25, 0.3) is 21.9 Å². The molecule has 5 nitrogen and oxygen atoms in total. The summed E-state index contributed by atoms with van der Waals surface area (Å²) in [6.45, 7) is 0. The Labute approximate surface area is 107 Å². The van der Waals surface area contributed by atoms with Crippen molar-refractivity contribution in [3.8, 4) is 17.2 Å². The Morgan fingerprint density at radius 2 is 1.84 bits per heavy atom. The molecule has 0 unspecified atom stereocenters. The van der Waals surface area contributed by atoms with E-state index in [0.717, 1.165) is 0 Å². The maximum absolute atomic E-state index is 12.3. The molecular formula is C14H10O5. The van der Waals surface area contributed by atoms with Crippen LogP contribution >= 0.6 is 0 Å². The Morgan fingerprint density at radius 1 is 1.11 bits per heavy atom. The largest absolute Gasteiger partial charge is 0.508 e. The van der Waals surface area contributed by atoms with E-state index < -0.39 is 5.43 Å². The van der Waals surface area contributed by atoms with Crippen LogP contribution in [0.15, 0.2) is 39.5 Å². The molecule has 1 heterocycles. The van der Waals surface area contributed by atoms with Crippen LogP contribution in [0.4, 0.5) is 0 Å². The maximum Gasteiger partial charge on any atom is 0.204 e. The van der Waals surface area contributed by atoms with Crippen LogP contribution in [0, 0.1) is 0 Å². The Kier molecular flexibility index (Phi) is 2.35. The molecule has 1 aromatic heterocycles.